The van der Waals surface area contributed by atoms with E-state index in [0.29, 0.717) is 38.2 Å². The summed E-state index contributed by atoms with van der Waals surface area (Å²) in [6.45, 7) is 26.1. The van der Waals surface area contributed by atoms with Crippen molar-refractivity contribution in [2.24, 2.45) is 22.7 Å². The highest BCUT2D eigenvalue weighted by molar-refractivity contribution is 6.74. The number of benzene rings is 1. The van der Waals surface area contributed by atoms with E-state index in [1.165, 1.54) is 6.92 Å². The van der Waals surface area contributed by atoms with E-state index in [-0.39, 0.29) is 18.8 Å². The topological polar surface area (TPSA) is 130 Å². The lowest BCUT2D eigenvalue weighted by Crippen LogP contribution is -2.82. The van der Waals surface area contributed by atoms with Gasteiger partial charge in [0.15, 0.2) is 22.2 Å². The zero-order valence-electron chi connectivity index (χ0n) is 38.5. The molecule has 1 aromatic rings. The second-order valence-electron chi connectivity index (χ2n) is 19.2. The highest BCUT2D eigenvalue weighted by Gasteiger charge is 2.78. The van der Waals surface area contributed by atoms with Crippen molar-refractivity contribution in [1.29, 1.82) is 0 Å². The van der Waals surface area contributed by atoms with Crippen molar-refractivity contribution in [3.05, 3.63) is 47.0 Å². The van der Waals surface area contributed by atoms with Crippen LogP contribution in [0.5, 0.6) is 0 Å². The van der Waals surface area contributed by atoms with Crippen LogP contribution in [0, 0.1) is 22.7 Å². The number of ketones is 1. The van der Waals surface area contributed by atoms with Crippen LogP contribution in [0.4, 0.5) is 0 Å². The number of aliphatic hydroxyl groups is 1. The third-order valence-corrected chi connectivity index (χ3v) is 25.8. The van der Waals surface area contributed by atoms with Crippen LogP contribution in [0.15, 0.2) is 41.5 Å². The molecule has 2 saturated carbocycles. The monoisotopic (exact) mass is 869 g/mol. The van der Waals surface area contributed by atoms with E-state index in [9.17, 15) is 14.7 Å². The van der Waals surface area contributed by atoms with Gasteiger partial charge in [-0.1, -0.05) is 73.6 Å². The normalized spacial score (nSPS) is 34.4. The van der Waals surface area contributed by atoms with Crippen LogP contribution in [-0.2, 0) is 37.4 Å². The Bertz CT molecular complexity index is 1730. The van der Waals surface area contributed by atoms with Crippen LogP contribution >= 0.6 is 0 Å². The average molecular weight is 870 g/mol. The molecule has 1 aromatic carbocycles. The first kappa shape index (κ1) is 47.2. The number of carbonyl (C=O) groups is 3. The third-order valence-electron chi connectivity index (χ3n) is 16.5. The first-order valence-corrected chi connectivity index (χ1v) is 28.2. The van der Waals surface area contributed by atoms with Gasteiger partial charge in [0.2, 0.25) is 0 Å². The maximum absolute atomic E-state index is 16.7. The minimum atomic E-state index is -2.42. The SMILES string of the molecule is CC[Si](CC)(CC)O[C@H]1C[C@@]2(O)[C@@H](OC(=O)c3ccccc3)[C@@H]3[C@]4(OC(C)=O)CO[C@@H]4C[C@H](O[Si](CC)(CC)CC)[C@@]3(C)C(=O)[C@H](CCN3CCOCC3)C(=C1C)C2(C)C. The third kappa shape index (κ3) is 7.87. The Morgan fingerprint density at radius 3 is 2.02 bits per heavy atom. The summed E-state index contributed by atoms with van der Waals surface area (Å²) in [4.78, 5) is 47.2. The molecule has 2 saturated heterocycles. The quantitative estimate of drug-likeness (QED) is 0.0983. The Kier molecular flexibility index (Phi) is 14.2. The Hall–Kier alpha value is -2.24. The van der Waals surface area contributed by atoms with Crippen LogP contribution < -0.4 is 0 Å². The smallest absolute Gasteiger partial charge is 0.338 e. The summed E-state index contributed by atoms with van der Waals surface area (Å²) in [5, 5.41) is 14.3. The van der Waals surface area contributed by atoms with Gasteiger partial charge in [0.05, 0.1) is 48.9 Å². The molecule has 5 aliphatic rings. The van der Waals surface area contributed by atoms with Crippen molar-refractivity contribution in [3.8, 4) is 0 Å². The fourth-order valence-electron chi connectivity index (χ4n) is 12.2. The molecule has 0 unspecified atom stereocenters. The zero-order chi connectivity index (χ0) is 43.9. The van der Waals surface area contributed by atoms with E-state index in [0.717, 1.165) is 60.5 Å². The van der Waals surface area contributed by atoms with E-state index < -0.39 is 86.9 Å². The predicted molar refractivity (Wildman–Crippen MR) is 237 cm³/mol. The molecule has 1 N–H and O–H groups in total. The number of Topliss-reactive ketones (excluding diaryl/α,β-unsaturated/α-hetero) is 1. The highest BCUT2D eigenvalue weighted by atomic mass is 28.4. The van der Waals surface area contributed by atoms with Crippen molar-refractivity contribution >= 4 is 34.4 Å². The molecule has 2 aliphatic heterocycles. The number of ether oxygens (including phenoxy) is 4. The molecule has 2 bridgehead atoms. The van der Waals surface area contributed by atoms with E-state index >= 15 is 4.79 Å². The lowest BCUT2D eigenvalue weighted by Gasteiger charge is -2.69. The minimum absolute atomic E-state index is 0.00291. The number of hydrogen-bond donors (Lipinski definition) is 1. The lowest BCUT2D eigenvalue weighted by molar-refractivity contribution is -0.344. The van der Waals surface area contributed by atoms with Gasteiger partial charge in [-0.25, -0.2) is 4.79 Å². The number of carbonyl (C=O) groups excluding carboxylic acids is 3. The maximum Gasteiger partial charge on any atom is 0.338 e. The second kappa shape index (κ2) is 18.1. The summed E-state index contributed by atoms with van der Waals surface area (Å²) in [6, 6.07) is 14.1. The van der Waals surface area contributed by atoms with Gasteiger partial charge in [0.1, 0.15) is 23.6 Å². The summed E-state index contributed by atoms with van der Waals surface area (Å²) < 4.78 is 40.5. The zero-order valence-corrected chi connectivity index (χ0v) is 40.5. The Labute approximate surface area is 361 Å². The molecule has 4 fully saturated rings. The standard InChI is InChI=1S/C47H75NO10Si2/c1-12-59(13-2,14-3)57-36-30-47(52)42(55-43(51)34-21-19-18-20-22-34)40-45(11,37(58-60(15-4,16-5)17-6)29-38-46(40,31-54-38)56-33(8)49)41(50)35(39(32(36)7)44(47,9)10)23-24-48-25-27-53-28-26-48/h18-22,35-38,40,42,52H,12-17,23-31H2,1-11H3/t35-,36+,37+,38-,40+,42+,45-,46+,47-/m1/s1. The summed E-state index contributed by atoms with van der Waals surface area (Å²) >= 11 is 0. The fourth-order valence-corrected chi connectivity index (χ4v) is 18.0. The number of hydrogen-bond acceptors (Lipinski definition) is 11. The molecular formula is C47H75NO10Si2. The highest BCUT2D eigenvalue weighted by Crippen LogP contribution is 2.66. The molecule has 60 heavy (non-hydrogen) atoms. The Morgan fingerprint density at radius 1 is 0.900 bits per heavy atom. The number of fused-ring (bicyclic) bond motifs is 5. The molecule has 2 heterocycles. The summed E-state index contributed by atoms with van der Waals surface area (Å²) in [6.07, 6.45) is -2.17. The number of nitrogens with zero attached hydrogens (tertiary/aromatic N) is 1. The van der Waals surface area contributed by atoms with Crippen molar-refractivity contribution in [3.63, 3.8) is 0 Å². The van der Waals surface area contributed by atoms with Gasteiger partial charge < -0.3 is 32.9 Å². The largest absolute Gasteiger partial charge is 0.455 e. The van der Waals surface area contributed by atoms with Crippen molar-refractivity contribution in [2.75, 3.05) is 39.5 Å². The average Bonchev–Trinajstić information content (AvgIpc) is 3.24. The van der Waals surface area contributed by atoms with Crippen molar-refractivity contribution in [2.45, 2.75) is 167 Å². The van der Waals surface area contributed by atoms with Crippen molar-refractivity contribution in [1.82, 2.24) is 4.90 Å². The predicted octanol–water partition coefficient (Wildman–Crippen LogP) is 8.12. The molecule has 0 radical (unpaired) electrons. The first-order chi connectivity index (χ1) is 28.4. The number of rotatable bonds is 16. The van der Waals surface area contributed by atoms with Crippen LogP contribution in [0.25, 0.3) is 0 Å². The van der Waals surface area contributed by atoms with E-state index in [2.05, 4.69) is 53.4 Å². The lowest BCUT2D eigenvalue weighted by atomic mass is 9.43. The van der Waals surface area contributed by atoms with Crippen molar-refractivity contribution < 1.29 is 47.3 Å². The van der Waals surface area contributed by atoms with Gasteiger partial charge in [0.25, 0.3) is 0 Å². The summed E-state index contributed by atoms with van der Waals surface area (Å²) in [5.74, 6) is -2.83. The minimum Gasteiger partial charge on any atom is -0.455 e. The molecule has 6 rings (SSSR count). The van der Waals surface area contributed by atoms with Gasteiger partial charge in [-0.05, 0) is 86.4 Å². The molecule has 11 nitrogen and oxygen atoms in total. The molecule has 0 aromatic heterocycles. The first-order valence-electron chi connectivity index (χ1n) is 23.1. The molecular weight excluding hydrogens is 795 g/mol. The van der Waals surface area contributed by atoms with E-state index in [1.807, 2.05) is 26.8 Å². The van der Waals surface area contributed by atoms with Gasteiger partial charge in [0, 0.05) is 44.2 Å². The Balaban J connectivity index is 1.68. The van der Waals surface area contributed by atoms with Crippen LogP contribution in [-0.4, -0.2) is 119 Å². The Morgan fingerprint density at radius 2 is 1.48 bits per heavy atom. The number of morpholine rings is 1. The van der Waals surface area contributed by atoms with Crippen LogP contribution in [0.2, 0.25) is 36.3 Å². The molecule has 3 aliphatic carbocycles. The van der Waals surface area contributed by atoms with Gasteiger partial charge in [-0.2, -0.15) is 0 Å². The van der Waals surface area contributed by atoms with Crippen LogP contribution in [0.3, 0.4) is 0 Å². The second-order valence-corrected chi connectivity index (χ2v) is 28.7. The summed E-state index contributed by atoms with van der Waals surface area (Å²) in [7, 11) is -4.73. The van der Waals surface area contributed by atoms with Gasteiger partial charge >= 0.3 is 11.9 Å². The van der Waals surface area contributed by atoms with Gasteiger partial charge in [-0.3, -0.25) is 14.5 Å². The molecule has 13 heteroatoms. The molecule has 0 spiro atoms. The number of esters is 2. The fraction of sp³-hybridized carbons (Fsp3) is 0.766. The summed E-state index contributed by atoms with van der Waals surface area (Å²) in [5.41, 5.74) is -3.48. The maximum atomic E-state index is 16.7. The molecule has 9 atom stereocenters. The van der Waals surface area contributed by atoms with Gasteiger partial charge in [-0.15, -0.1) is 0 Å². The van der Waals surface area contributed by atoms with E-state index in [4.69, 9.17) is 27.8 Å². The molecule has 0 amide bonds. The molecule has 336 valence electrons. The van der Waals surface area contributed by atoms with Crippen LogP contribution in [0.1, 0.15) is 106 Å². The van der Waals surface area contributed by atoms with E-state index in [1.54, 1.807) is 24.3 Å².